The Morgan fingerprint density at radius 1 is 1.06 bits per heavy atom. The van der Waals surface area contributed by atoms with Gasteiger partial charge in [-0.1, -0.05) is 41.9 Å². The number of fused-ring (bicyclic) bond motifs is 1. The molecule has 0 saturated carbocycles. The van der Waals surface area contributed by atoms with Crippen molar-refractivity contribution in [2.24, 2.45) is 0 Å². The molecule has 0 fully saturated rings. The van der Waals surface area contributed by atoms with E-state index < -0.39 is 0 Å². The number of pyridine rings is 1. The van der Waals surface area contributed by atoms with Crippen LogP contribution >= 0.6 is 11.6 Å². The largest absolute Gasteiger partial charge is 0.335 e. The van der Waals surface area contributed by atoms with Gasteiger partial charge in [0.25, 0.3) is 0 Å². The number of anilines is 1. The minimum Gasteiger partial charge on any atom is -0.335 e. The van der Waals surface area contributed by atoms with Crippen LogP contribution in [0.1, 0.15) is 36.2 Å². The van der Waals surface area contributed by atoms with Gasteiger partial charge in [0.05, 0.1) is 24.7 Å². The number of nitrogens with zero attached hydrogens (tertiary/aromatic N) is 3. The van der Waals surface area contributed by atoms with Gasteiger partial charge in [-0.15, -0.1) is 0 Å². The highest BCUT2D eigenvalue weighted by atomic mass is 35.5. The van der Waals surface area contributed by atoms with Gasteiger partial charge in [-0.3, -0.25) is 14.6 Å². The Bertz CT molecular complexity index is 1070. The summed E-state index contributed by atoms with van der Waals surface area (Å²) in [5.41, 5.74) is 3.78. The Morgan fingerprint density at radius 2 is 1.81 bits per heavy atom. The first kappa shape index (κ1) is 21.1. The number of rotatable bonds is 5. The molecule has 3 aromatic rings. The number of halogens is 1. The Balaban J connectivity index is 1.66. The van der Waals surface area contributed by atoms with Crippen LogP contribution in [0.3, 0.4) is 0 Å². The minimum absolute atomic E-state index is 0.0185. The number of benzene rings is 2. The fourth-order valence-electron chi connectivity index (χ4n) is 4.12. The van der Waals surface area contributed by atoms with Crippen molar-refractivity contribution in [2.75, 3.05) is 11.4 Å². The summed E-state index contributed by atoms with van der Waals surface area (Å²) in [4.78, 5) is 33.9. The van der Waals surface area contributed by atoms with Gasteiger partial charge in [-0.05, 0) is 53.9 Å². The van der Waals surface area contributed by atoms with Crippen LogP contribution in [0.4, 0.5) is 5.69 Å². The Morgan fingerprint density at radius 3 is 2.52 bits per heavy atom. The summed E-state index contributed by atoms with van der Waals surface area (Å²) >= 11 is 6.06. The highest BCUT2D eigenvalue weighted by Crippen LogP contribution is 2.33. The molecule has 2 aromatic carbocycles. The van der Waals surface area contributed by atoms with Crippen molar-refractivity contribution in [3.63, 3.8) is 0 Å². The fourth-order valence-corrected chi connectivity index (χ4v) is 4.25. The fraction of sp³-hybridized carbons (Fsp3) is 0.240. The molecule has 0 spiro atoms. The average molecular weight is 434 g/mol. The van der Waals surface area contributed by atoms with Gasteiger partial charge in [0, 0.05) is 30.4 Å². The molecular formula is C25H24ClN3O2. The van der Waals surface area contributed by atoms with Gasteiger partial charge < -0.3 is 9.80 Å². The third-order valence-electron chi connectivity index (χ3n) is 5.67. The highest BCUT2D eigenvalue weighted by Gasteiger charge is 2.32. The lowest BCUT2D eigenvalue weighted by Crippen LogP contribution is -2.42. The van der Waals surface area contributed by atoms with Crippen molar-refractivity contribution in [3.05, 3.63) is 94.8 Å². The zero-order valence-corrected chi connectivity index (χ0v) is 18.1. The predicted molar refractivity (Wildman–Crippen MR) is 122 cm³/mol. The summed E-state index contributed by atoms with van der Waals surface area (Å²) in [5, 5.41) is 0.609. The van der Waals surface area contributed by atoms with E-state index in [1.54, 1.807) is 35.1 Å². The van der Waals surface area contributed by atoms with Crippen LogP contribution in [0.15, 0.2) is 72.9 Å². The topological polar surface area (TPSA) is 53.5 Å². The van der Waals surface area contributed by atoms with Gasteiger partial charge in [-0.2, -0.15) is 0 Å². The molecule has 1 unspecified atom stereocenters. The number of hydrogen-bond donors (Lipinski definition) is 0. The molecule has 1 aromatic heterocycles. The Labute approximate surface area is 187 Å². The van der Waals surface area contributed by atoms with Crippen LogP contribution in [-0.4, -0.2) is 28.2 Å². The maximum absolute atomic E-state index is 13.6. The summed E-state index contributed by atoms with van der Waals surface area (Å²) < 4.78 is 0. The monoisotopic (exact) mass is 433 g/mol. The number of carbonyl (C=O) groups is 2. The second-order valence-electron chi connectivity index (χ2n) is 7.66. The molecule has 4 rings (SSSR count). The molecule has 0 N–H and O–H groups in total. The SMILES string of the molecule is CC(=O)N1CCc2ccccc2C1CC(=O)N(Cc1ccccn1)c1ccc(Cl)cc1. The van der Waals surface area contributed by atoms with E-state index in [1.807, 2.05) is 48.5 Å². The third kappa shape index (κ3) is 4.78. The van der Waals surface area contributed by atoms with E-state index in [0.29, 0.717) is 18.1 Å². The number of aromatic nitrogens is 1. The highest BCUT2D eigenvalue weighted by molar-refractivity contribution is 6.30. The number of hydrogen-bond acceptors (Lipinski definition) is 3. The van der Waals surface area contributed by atoms with Gasteiger partial charge in [-0.25, -0.2) is 0 Å². The van der Waals surface area contributed by atoms with E-state index in [1.165, 1.54) is 5.56 Å². The van der Waals surface area contributed by atoms with Crippen LogP contribution in [0.25, 0.3) is 0 Å². The molecule has 0 aliphatic carbocycles. The zero-order chi connectivity index (χ0) is 21.8. The van der Waals surface area contributed by atoms with Crippen molar-refractivity contribution < 1.29 is 9.59 Å². The maximum atomic E-state index is 13.6. The molecule has 1 aliphatic heterocycles. The molecule has 1 atom stereocenters. The molecule has 1 aliphatic rings. The lowest BCUT2D eigenvalue weighted by molar-refractivity contribution is -0.133. The van der Waals surface area contributed by atoms with Crippen molar-refractivity contribution in [1.29, 1.82) is 0 Å². The maximum Gasteiger partial charge on any atom is 0.229 e. The number of amides is 2. The molecule has 2 heterocycles. The smallest absolute Gasteiger partial charge is 0.229 e. The van der Waals surface area contributed by atoms with Crippen molar-refractivity contribution in [2.45, 2.75) is 32.4 Å². The standard InChI is InChI=1S/C25H24ClN3O2/c1-18(30)28-15-13-19-6-2-3-8-23(19)24(28)16-25(31)29(17-21-7-4-5-14-27-21)22-11-9-20(26)10-12-22/h2-12,14,24H,13,15-17H2,1H3. The second-order valence-corrected chi connectivity index (χ2v) is 8.09. The molecule has 31 heavy (non-hydrogen) atoms. The van der Waals surface area contributed by atoms with Crippen LogP contribution in [0.5, 0.6) is 0 Å². The van der Waals surface area contributed by atoms with Gasteiger partial charge in [0.1, 0.15) is 0 Å². The molecule has 158 valence electrons. The minimum atomic E-state index is -0.284. The Kier molecular flexibility index (Phi) is 6.33. The molecule has 5 nitrogen and oxygen atoms in total. The van der Waals surface area contributed by atoms with E-state index in [2.05, 4.69) is 11.1 Å². The summed E-state index contributed by atoms with van der Waals surface area (Å²) in [6.45, 7) is 2.53. The van der Waals surface area contributed by atoms with Crippen LogP contribution in [0.2, 0.25) is 5.02 Å². The van der Waals surface area contributed by atoms with Gasteiger partial charge >= 0.3 is 0 Å². The van der Waals surface area contributed by atoms with E-state index in [0.717, 1.165) is 23.4 Å². The van der Waals surface area contributed by atoms with Crippen molar-refractivity contribution in [1.82, 2.24) is 9.88 Å². The summed E-state index contributed by atoms with van der Waals surface area (Å²) in [6.07, 6.45) is 2.72. The second kappa shape index (κ2) is 9.31. The van der Waals surface area contributed by atoms with Crippen molar-refractivity contribution in [3.8, 4) is 0 Å². The molecule has 2 amide bonds. The molecular weight excluding hydrogens is 410 g/mol. The zero-order valence-electron chi connectivity index (χ0n) is 17.4. The van der Waals surface area contributed by atoms with E-state index in [9.17, 15) is 9.59 Å². The van der Waals surface area contributed by atoms with Crippen LogP contribution < -0.4 is 4.90 Å². The van der Waals surface area contributed by atoms with E-state index in [4.69, 9.17) is 11.6 Å². The lowest BCUT2D eigenvalue weighted by atomic mass is 9.90. The molecule has 0 radical (unpaired) electrons. The van der Waals surface area contributed by atoms with Gasteiger partial charge in [0.2, 0.25) is 11.8 Å². The number of carbonyl (C=O) groups excluding carboxylic acids is 2. The third-order valence-corrected chi connectivity index (χ3v) is 5.92. The average Bonchev–Trinajstić information content (AvgIpc) is 2.79. The quantitative estimate of drug-likeness (QED) is 0.580. The van der Waals surface area contributed by atoms with Crippen LogP contribution in [0, 0.1) is 0 Å². The van der Waals surface area contributed by atoms with E-state index in [-0.39, 0.29) is 24.3 Å². The van der Waals surface area contributed by atoms with Crippen LogP contribution in [-0.2, 0) is 22.6 Å². The molecule has 0 bridgehead atoms. The lowest BCUT2D eigenvalue weighted by Gasteiger charge is -2.37. The molecule has 0 saturated heterocycles. The van der Waals surface area contributed by atoms with Gasteiger partial charge in [0.15, 0.2) is 0 Å². The first-order valence-electron chi connectivity index (χ1n) is 10.3. The first-order valence-corrected chi connectivity index (χ1v) is 10.7. The summed E-state index contributed by atoms with van der Waals surface area (Å²) in [6, 6.07) is 20.6. The predicted octanol–water partition coefficient (Wildman–Crippen LogP) is 4.80. The first-order chi connectivity index (χ1) is 15.0. The summed E-state index contributed by atoms with van der Waals surface area (Å²) in [5.74, 6) is -0.0870. The summed E-state index contributed by atoms with van der Waals surface area (Å²) in [7, 11) is 0. The van der Waals surface area contributed by atoms with Crippen molar-refractivity contribution >= 4 is 29.1 Å². The van der Waals surface area contributed by atoms with E-state index >= 15 is 0 Å². The molecule has 6 heteroatoms. The normalized spacial score (nSPS) is 15.3. The Hall–Kier alpha value is -3.18.